The Morgan fingerprint density at radius 3 is 1.59 bits per heavy atom. The minimum atomic E-state index is -7.59. The number of halogens is 9. The minimum Gasteiger partial charge on any atom is -0.423 e. The fourth-order valence-electron chi connectivity index (χ4n) is 1.25. The molecule has 0 amide bonds. The lowest BCUT2D eigenvalue weighted by Gasteiger charge is -2.35. The number of hydrogen-bond donors (Lipinski definition) is 0. The fraction of sp³-hybridized carbons (Fsp3) is 0.400. The maximum atomic E-state index is 13.6. The van der Waals surface area contributed by atoms with Crippen molar-refractivity contribution in [3.05, 3.63) is 34.5 Å². The van der Waals surface area contributed by atoms with E-state index in [1.807, 2.05) is 0 Å². The molecule has 0 bridgehead atoms. The van der Waals surface area contributed by atoms with Crippen molar-refractivity contribution in [3.63, 3.8) is 0 Å². The zero-order chi connectivity index (χ0) is 21.5. The molecule has 5 nitrogen and oxygen atoms in total. The van der Waals surface area contributed by atoms with Crippen molar-refractivity contribution in [2.45, 2.75) is 26.8 Å². The summed E-state index contributed by atoms with van der Waals surface area (Å²) in [5.74, 6) is -6.84. The summed E-state index contributed by atoms with van der Waals surface area (Å²) in [5, 5.41) is -12.9. The highest BCUT2D eigenvalue weighted by Gasteiger charge is 2.76. The Labute approximate surface area is 150 Å². The van der Waals surface area contributed by atoms with E-state index in [1.165, 1.54) is 6.07 Å². The number of alkyl halides is 9. The van der Waals surface area contributed by atoms with Gasteiger partial charge in [-0.1, -0.05) is 18.2 Å². The summed E-state index contributed by atoms with van der Waals surface area (Å²) in [6.07, 6.45) is 0. The number of thioether (sulfide) groups is 1. The molecular weight excluding hydrogens is 465 g/mol. The molecule has 156 valence electrons. The number of hydrogen-bond acceptors (Lipinski definition) is 5. The van der Waals surface area contributed by atoms with Gasteiger partial charge >= 0.3 is 21.9 Å². The molecule has 0 saturated heterocycles. The van der Waals surface area contributed by atoms with Crippen LogP contribution in [0.25, 0.3) is 4.13 Å². The first-order valence-corrected chi connectivity index (χ1v) is 9.66. The van der Waals surface area contributed by atoms with E-state index >= 15 is 0 Å². The van der Waals surface area contributed by atoms with Crippen molar-refractivity contribution in [3.8, 4) is 0 Å². The molecule has 0 heterocycles. The zero-order valence-corrected chi connectivity index (χ0v) is 14.5. The molecule has 0 aromatic heterocycles. The Bertz CT molecular complexity index is 882. The Balaban J connectivity index is 3.33. The van der Waals surface area contributed by atoms with Gasteiger partial charge in [0, 0.05) is 4.90 Å². The van der Waals surface area contributed by atoms with Gasteiger partial charge < -0.3 is 4.13 Å². The number of benzene rings is 1. The zero-order valence-electron chi connectivity index (χ0n) is 12.1. The third-order valence-electron chi connectivity index (χ3n) is 2.53. The first-order valence-electron chi connectivity index (χ1n) is 5.96. The molecule has 17 heteroatoms. The Hall–Kier alpha value is -1.20. The maximum absolute atomic E-state index is 13.6. The van der Waals surface area contributed by atoms with Crippen LogP contribution in [0.5, 0.6) is 0 Å². The monoisotopic (exact) mass is 470 g/mol. The molecule has 1 aromatic carbocycles. The van der Waals surface area contributed by atoms with Gasteiger partial charge in [-0.2, -0.15) is 39.5 Å². The lowest BCUT2D eigenvalue weighted by molar-refractivity contribution is -0.240. The predicted octanol–water partition coefficient (Wildman–Crippen LogP) is 4.15. The largest absolute Gasteiger partial charge is 0.480 e. The highest BCUT2D eigenvalue weighted by atomic mass is 32.3. The van der Waals surface area contributed by atoms with E-state index in [0.717, 1.165) is 28.4 Å². The van der Waals surface area contributed by atoms with Gasteiger partial charge in [-0.25, -0.2) is 16.8 Å². The van der Waals surface area contributed by atoms with Gasteiger partial charge in [0.25, 0.3) is 0 Å². The van der Waals surface area contributed by atoms with Crippen LogP contribution in [0.15, 0.2) is 35.2 Å². The van der Waals surface area contributed by atoms with E-state index in [0.29, 0.717) is 0 Å². The molecule has 0 atom stereocenters. The van der Waals surface area contributed by atoms with Gasteiger partial charge in [-0.15, -0.1) is 0 Å². The summed E-state index contributed by atoms with van der Waals surface area (Å²) in [5.41, 5.74) is -6.55. The van der Waals surface area contributed by atoms with Crippen molar-refractivity contribution < 1.29 is 56.3 Å². The van der Waals surface area contributed by atoms with E-state index in [2.05, 4.69) is 0 Å². The quantitative estimate of drug-likeness (QED) is 0.442. The second kappa shape index (κ2) is 7.00. The lowest BCUT2D eigenvalue weighted by Crippen LogP contribution is -2.56. The second-order valence-corrected chi connectivity index (χ2v) is 9.15. The van der Waals surface area contributed by atoms with Gasteiger partial charge in [0.2, 0.25) is 0 Å². The normalized spacial score (nSPS) is 15.0. The van der Waals surface area contributed by atoms with Crippen LogP contribution in [-0.2, 0) is 20.0 Å². The van der Waals surface area contributed by atoms with Crippen LogP contribution in [0.3, 0.4) is 0 Å². The Kier molecular flexibility index (Phi) is 6.18. The highest BCUT2D eigenvalue weighted by Crippen LogP contribution is 2.56. The highest BCUT2D eigenvalue weighted by molar-refractivity contribution is 8.13. The first-order chi connectivity index (χ1) is 11.8. The van der Waals surface area contributed by atoms with E-state index < -0.39 is 58.6 Å². The third-order valence-corrected chi connectivity index (χ3v) is 6.61. The summed E-state index contributed by atoms with van der Waals surface area (Å²) < 4.78 is 162. The van der Waals surface area contributed by atoms with Gasteiger partial charge in [0.05, 0.1) is 0 Å². The number of sulfonamides is 2. The lowest BCUT2D eigenvalue weighted by atomic mass is 10.3. The van der Waals surface area contributed by atoms with E-state index in [9.17, 15) is 56.3 Å². The van der Waals surface area contributed by atoms with Crippen LogP contribution >= 0.6 is 11.8 Å². The smallest absolute Gasteiger partial charge is 0.423 e. The molecule has 0 aliphatic rings. The van der Waals surface area contributed by atoms with Crippen LogP contribution in [0, 0.1) is 0 Å². The predicted molar refractivity (Wildman–Crippen MR) is 74.4 cm³/mol. The molecule has 0 aliphatic carbocycles. The summed E-state index contributed by atoms with van der Waals surface area (Å²) in [6.45, 7) is 0. The standard InChI is InChI=1S/C10H5F9NO4S3/c11-7(12,8(13,14)25-6-4-2-1-3-5-6)9(15,16)26(21,22)20-27(23,24)10(17,18)19/h1-5H/q-1. The molecule has 27 heavy (non-hydrogen) atoms. The number of nitrogens with zero attached hydrogens (tertiary/aromatic N) is 1. The van der Waals surface area contributed by atoms with Gasteiger partial charge in [-0.3, -0.25) is 0 Å². The summed E-state index contributed by atoms with van der Waals surface area (Å²) in [4.78, 5) is -0.727. The molecule has 0 saturated carbocycles. The van der Waals surface area contributed by atoms with E-state index in [4.69, 9.17) is 0 Å². The molecule has 1 rings (SSSR count). The Morgan fingerprint density at radius 1 is 0.741 bits per heavy atom. The third kappa shape index (κ3) is 4.45. The molecule has 0 spiro atoms. The average Bonchev–Trinajstić information content (AvgIpc) is 2.44. The second-order valence-electron chi connectivity index (χ2n) is 4.49. The van der Waals surface area contributed by atoms with Gasteiger partial charge in [0.1, 0.15) is 0 Å². The van der Waals surface area contributed by atoms with Crippen molar-refractivity contribution >= 4 is 31.8 Å². The van der Waals surface area contributed by atoms with Crippen LogP contribution < -0.4 is 0 Å². The molecular formula is C10H5F9NO4S3-. The van der Waals surface area contributed by atoms with E-state index in [1.54, 1.807) is 0 Å². The van der Waals surface area contributed by atoms with Crippen molar-refractivity contribution in [1.29, 1.82) is 0 Å². The SMILES string of the molecule is O=S(=O)([N-]S(=O)(=O)C(F)(F)C(F)(F)C(F)(F)Sc1ccccc1)C(F)(F)F. The summed E-state index contributed by atoms with van der Waals surface area (Å²) in [6, 6.07) is 4.84. The number of rotatable bonds is 7. The average molecular weight is 470 g/mol. The molecule has 0 N–H and O–H groups in total. The molecule has 0 fully saturated rings. The fourth-order valence-corrected chi connectivity index (χ4v) is 4.36. The van der Waals surface area contributed by atoms with Gasteiger partial charge in [-0.05, 0) is 23.9 Å². The van der Waals surface area contributed by atoms with Crippen LogP contribution in [-0.4, -0.2) is 38.8 Å². The summed E-state index contributed by atoms with van der Waals surface area (Å²) >= 11 is -1.22. The maximum Gasteiger partial charge on any atom is 0.480 e. The van der Waals surface area contributed by atoms with Crippen molar-refractivity contribution in [1.82, 2.24) is 0 Å². The topological polar surface area (TPSA) is 82.4 Å². The molecule has 0 aliphatic heterocycles. The van der Waals surface area contributed by atoms with Crippen LogP contribution in [0.2, 0.25) is 0 Å². The molecule has 0 unspecified atom stereocenters. The first kappa shape index (κ1) is 23.8. The van der Waals surface area contributed by atoms with Crippen LogP contribution in [0.4, 0.5) is 39.5 Å². The Morgan fingerprint density at radius 2 is 1.19 bits per heavy atom. The molecule has 0 radical (unpaired) electrons. The van der Waals surface area contributed by atoms with Crippen LogP contribution in [0.1, 0.15) is 0 Å². The van der Waals surface area contributed by atoms with Crippen molar-refractivity contribution in [2.24, 2.45) is 0 Å². The summed E-state index contributed by atoms with van der Waals surface area (Å²) in [7, 11) is -14.8. The molecule has 1 aromatic rings. The van der Waals surface area contributed by atoms with Crippen molar-refractivity contribution in [2.75, 3.05) is 0 Å². The van der Waals surface area contributed by atoms with E-state index in [-0.39, 0.29) is 0 Å². The van der Waals surface area contributed by atoms with Gasteiger partial charge in [0.15, 0.2) is 20.0 Å². The minimum absolute atomic E-state index is 0.717.